The molecule has 1 aromatic carbocycles. The first kappa shape index (κ1) is 40.6. The van der Waals surface area contributed by atoms with E-state index in [1.54, 1.807) is 6.20 Å². The fourth-order valence-corrected chi connectivity index (χ4v) is 3.76. The van der Waals surface area contributed by atoms with Crippen LogP contribution in [0.15, 0.2) is 47.3 Å². The molecular weight excluding hydrogens is 705 g/mol. The highest BCUT2D eigenvalue weighted by Gasteiger charge is 2.39. The van der Waals surface area contributed by atoms with Crippen LogP contribution in [0.5, 0.6) is 0 Å². The summed E-state index contributed by atoms with van der Waals surface area (Å²) in [4.78, 5) is 35.7. The third kappa shape index (κ3) is 12.1. The first-order valence-corrected chi connectivity index (χ1v) is 13.5. The van der Waals surface area contributed by atoms with Crippen LogP contribution in [0.4, 0.5) is 51.0 Å². The first-order valence-electron chi connectivity index (χ1n) is 13.5. The van der Waals surface area contributed by atoms with E-state index in [1.807, 2.05) is 37.5 Å². The Bertz CT molecular complexity index is 1710. The number of nitrogens with two attached hydrogens (primary N) is 1. The van der Waals surface area contributed by atoms with Crippen LogP contribution < -0.4 is 16.4 Å². The number of hydrogen-bond acceptors (Lipinski definition) is 10. The van der Waals surface area contributed by atoms with Crippen molar-refractivity contribution >= 4 is 40.5 Å². The number of aromatic nitrogens is 4. The van der Waals surface area contributed by atoms with Gasteiger partial charge in [-0.2, -0.15) is 44.6 Å². The molecule has 274 valence electrons. The summed E-state index contributed by atoms with van der Waals surface area (Å²) in [5, 5.41) is 32.4. The van der Waals surface area contributed by atoms with Gasteiger partial charge in [-0.05, 0) is 50.2 Å². The number of carboxylic acids is 3. The summed E-state index contributed by atoms with van der Waals surface area (Å²) in [6.07, 6.45) is -7.35. The Labute approximate surface area is 273 Å². The van der Waals surface area contributed by atoms with E-state index >= 15 is 0 Å². The van der Waals surface area contributed by atoms with Crippen LogP contribution in [0.3, 0.4) is 0 Å². The zero-order valence-electron chi connectivity index (χ0n) is 25.2. The molecule has 7 N–H and O–H groups in total. The van der Waals surface area contributed by atoms with Crippen molar-refractivity contribution in [1.82, 2.24) is 25.1 Å². The minimum absolute atomic E-state index is 0.389. The van der Waals surface area contributed by atoms with Crippen LogP contribution in [0.1, 0.15) is 18.9 Å². The summed E-state index contributed by atoms with van der Waals surface area (Å²) in [5.74, 6) is -7.42. The lowest BCUT2D eigenvalue weighted by Crippen LogP contribution is -2.29. The van der Waals surface area contributed by atoms with E-state index in [1.165, 1.54) is 0 Å². The molecule has 0 spiro atoms. The van der Waals surface area contributed by atoms with Crippen LogP contribution in [0, 0.1) is 0 Å². The van der Waals surface area contributed by atoms with Crippen LogP contribution >= 0.6 is 0 Å². The van der Waals surface area contributed by atoms with Crippen LogP contribution in [-0.2, 0) is 14.4 Å². The maximum atomic E-state index is 10.6. The number of nitrogens with one attached hydrogen (secondary N) is 2. The van der Waals surface area contributed by atoms with Crippen molar-refractivity contribution in [2.24, 2.45) is 0 Å². The van der Waals surface area contributed by atoms with Crippen LogP contribution in [0.2, 0.25) is 0 Å². The molecule has 23 heteroatoms. The van der Waals surface area contributed by atoms with Crippen molar-refractivity contribution < 1.29 is 73.6 Å². The van der Waals surface area contributed by atoms with Gasteiger partial charge >= 0.3 is 36.4 Å². The van der Waals surface area contributed by atoms with Crippen molar-refractivity contribution in [3.63, 3.8) is 0 Å². The van der Waals surface area contributed by atoms with E-state index in [9.17, 15) is 39.5 Å². The Morgan fingerprint density at radius 3 is 1.88 bits per heavy atom. The molecule has 1 aliphatic rings. The zero-order chi connectivity index (χ0) is 38.0. The number of carbonyl (C=O) groups is 3. The standard InChI is InChI=1S/C21H23N7O.3C2HF3O2/c1-23-15-2-3-19-18(9-15)27-21(29-19)17-8-13(10-25-20(17)22)14-11-26-28(12-14)16-4-6-24-7-5-16;3*3-2(4,5)1(6)7/h2-3,8-12,16,23-24H,4-7H2,1H3,(H2,22,25);3*(H,6,7). The number of benzene rings is 1. The monoisotopic (exact) mass is 731 g/mol. The van der Waals surface area contributed by atoms with Gasteiger partial charge < -0.3 is 36.1 Å². The van der Waals surface area contributed by atoms with Gasteiger partial charge in [0.2, 0.25) is 5.89 Å². The van der Waals surface area contributed by atoms with Crippen molar-refractivity contribution in [2.45, 2.75) is 37.4 Å². The normalized spacial score (nSPS) is 13.5. The van der Waals surface area contributed by atoms with Gasteiger partial charge in [0.25, 0.3) is 0 Å². The van der Waals surface area contributed by atoms with E-state index in [0.717, 1.165) is 48.3 Å². The fourth-order valence-electron chi connectivity index (χ4n) is 3.76. The lowest BCUT2D eigenvalue weighted by atomic mass is 10.1. The van der Waals surface area contributed by atoms with Crippen LogP contribution in [-0.4, -0.2) is 91.6 Å². The topological polar surface area (TPSA) is 219 Å². The highest BCUT2D eigenvalue weighted by molar-refractivity contribution is 5.83. The molecule has 1 fully saturated rings. The summed E-state index contributed by atoms with van der Waals surface area (Å²) in [7, 11) is 1.87. The predicted molar refractivity (Wildman–Crippen MR) is 155 cm³/mol. The molecule has 0 saturated carbocycles. The minimum Gasteiger partial charge on any atom is -0.475 e. The predicted octanol–water partition coefficient (Wildman–Crippen LogP) is 5.20. The molecule has 50 heavy (non-hydrogen) atoms. The highest BCUT2D eigenvalue weighted by Crippen LogP contribution is 2.32. The van der Waals surface area contributed by atoms with Crippen LogP contribution in [0.25, 0.3) is 33.7 Å². The average Bonchev–Trinajstić information content (AvgIpc) is 3.69. The molecule has 3 aromatic heterocycles. The van der Waals surface area contributed by atoms with Gasteiger partial charge in [0.15, 0.2) is 5.58 Å². The molecule has 0 amide bonds. The van der Waals surface area contributed by atoms with E-state index in [0.29, 0.717) is 28.9 Å². The third-order valence-corrected chi connectivity index (χ3v) is 6.17. The van der Waals surface area contributed by atoms with Gasteiger partial charge in [-0.1, -0.05) is 0 Å². The number of rotatable bonds is 4. The SMILES string of the molecule is CNc1ccc2oc(-c3cc(-c4cnn(C5CCNCC5)c4)cnc3N)nc2c1.O=C(O)C(F)(F)F.O=C(O)C(F)(F)F.O=C(O)C(F)(F)F. The lowest BCUT2D eigenvalue weighted by Gasteiger charge is -2.22. The minimum atomic E-state index is -5.08. The molecule has 4 heterocycles. The Kier molecular flexibility index (Phi) is 13.5. The Morgan fingerprint density at radius 2 is 1.40 bits per heavy atom. The third-order valence-electron chi connectivity index (χ3n) is 6.17. The van der Waals surface area contributed by atoms with Gasteiger partial charge in [-0.3, -0.25) is 4.68 Å². The maximum absolute atomic E-state index is 10.6. The molecule has 0 radical (unpaired) electrons. The number of alkyl halides is 9. The quantitative estimate of drug-likeness (QED) is 0.149. The molecule has 0 bridgehead atoms. The largest absolute Gasteiger partial charge is 0.490 e. The number of carboxylic acid groups (broad SMARTS) is 3. The Balaban J connectivity index is 0.000000338. The summed E-state index contributed by atoms with van der Waals surface area (Å²) in [5.41, 5.74) is 11.2. The highest BCUT2D eigenvalue weighted by atomic mass is 19.4. The van der Waals surface area contributed by atoms with Crippen molar-refractivity contribution in [3.8, 4) is 22.6 Å². The number of piperidine rings is 1. The molecule has 0 atom stereocenters. The molecular formula is C27H26F9N7O7. The van der Waals surface area contributed by atoms with E-state index in [4.69, 9.17) is 39.9 Å². The summed E-state index contributed by atoms with van der Waals surface area (Å²) in [6.45, 7) is 2.06. The van der Waals surface area contributed by atoms with Gasteiger partial charge in [0.05, 0.1) is 17.8 Å². The number of hydrogen-bond donors (Lipinski definition) is 6. The zero-order valence-corrected chi connectivity index (χ0v) is 25.2. The number of halogens is 9. The molecule has 1 aliphatic heterocycles. The number of fused-ring (bicyclic) bond motifs is 1. The molecule has 5 rings (SSSR count). The van der Waals surface area contributed by atoms with Gasteiger partial charge in [0.1, 0.15) is 11.3 Å². The second kappa shape index (κ2) is 16.7. The first-order chi connectivity index (χ1) is 23.0. The summed E-state index contributed by atoms with van der Waals surface area (Å²) in [6, 6.07) is 8.19. The van der Waals surface area contributed by atoms with Gasteiger partial charge in [-0.15, -0.1) is 0 Å². The van der Waals surface area contributed by atoms with Crippen molar-refractivity contribution in [1.29, 1.82) is 0 Å². The molecule has 0 unspecified atom stereocenters. The van der Waals surface area contributed by atoms with E-state index in [-0.39, 0.29) is 0 Å². The molecule has 0 aliphatic carbocycles. The van der Waals surface area contributed by atoms with Crippen molar-refractivity contribution in [2.75, 3.05) is 31.2 Å². The maximum Gasteiger partial charge on any atom is 0.490 e. The summed E-state index contributed by atoms with van der Waals surface area (Å²) >= 11 is 0. The molecule has 14 nitrogen and oxygen atoms in total. The smallest absolute Gasteiger partial charge is 0.475 e. The average molecular weight is 732 g/mol. The summed E-state index contributed by atoms with van der Waals surface area (Å²) < 4.78 is 103. The van der Waals surface area contributed by atoms with Gasteiger partial charge in [-0.25, -0.2) is 24.4 Å². The fraction of sp³-hybridized carbons (Fsp3) is 0.333. The number of nitrogens with zero attached hydrogens (tertiary/aromatic N) is 4. The van der Waals surface area contributed by atoms with E-state index < -0.39 is 36.4 Å². The number of oxazole rings is 1. The van der Waals surface area contributed by atoms with Crippen molar-refractivity contribution in [3.05, 3.63) is 42.9 Å². The van der Waals surface area contributed by atoms with Gasteiger partial charge in [0, 0.05) is 36.3 Å². The molecule has 1 saturated heterocycles. The lowest BCUT2D eigenvalue weighted by molar-refractivity contribution is -0.193. The number of nitrogen functional groups attached to an aromatic ring is 1. The Hall–Kier alpha value is -5.61. The number of aliphatic carboxylic acids is 3. The Morgan fingerprint density at radius 1 is 0.880 bits per heavy atom. The number of anilines is 2. The van der Waals surface area contributed by atoms with E-state index in [2.05, 4.69) is 36.6 Å². The number of pyridine rings is 1. The molecule has 4 aromatic rings. The second-order valence-electron chi connectivity index (χ2n) is 9.71. The second-order valence-corrected chi connectivity index (χ2v) is 9.71.